The van der Waals surface area contributed by atoms with Crippen molar-refractivity contribution >= 4 is 11.6 Å². The monoisotopic (exact) mass is 274 g/mol. The molecule has 0 bridgehead atoms. The lowest BCUT2D eigenvalue weighted by Crippen LogP contribution is -2.28. The van der Waals surface area contributed by atoms with Crippen molar-refractivity contribution < 1.29 is 13.2 Å². The number of aromatic nitrogens is 1. The van der Waals surface area contributed by atoms with Crippen molar-refractivity contribution in [2.45, 2.75) is 32.5 Å². The first kappa shape index (κ1) is 13.9. The first-order chi connectivity index (χ1) is 8.81. The molecule has 1 saturated heterocycles. The molecule has 0 spiro atoms. The summed E-state index contributed by atoms with van der Waals surface area (Å²) in [6.45, 7) is 4.77. The molecular weight excluding hydrogens is 257 g/mol. The maximum atomic E-state index is 12.8. The van der Waals surface area contributed by atoms with E-state index in [1.54, 1.807) is 0 Å². The third-order valence-electron chi connectivity index (χ3n) is 3.37. The summed E-state index contributed by atoms with van der Waals surface area (Å²) in [6.07, 6.45) is -3.46. The van der Waals surface area contributed by atoms with Crippen LogP contribution in [0.5, 0.6) is 0 Å². The Labute approximate surface area is 109 Å². The van der Waals surface area contributed by atoms with Gasteiger partial charge in [0.1, 0.15) is 11.6 Å². The Morgan fingerprint density at radius 2 is 2.05 bits per heavy atom. The third-order valence-corrected chi connectivity index (χ3v) is 3.37. The van der Waals surface area contributed by atoms with Gasteiger partial charge in [0.2, 0.25) is 0 Å². The van der Waals surface area contributed by atoms with E-state index in [2.05, 4.69) is 17.3 Å². The molecular formula is C12H17F3N4. The number of hydrogen-bond donors (Lipinski definition) is 2. The minimum atomic E-state index is -4.40. The predicted molar refractivity (Wildman–Crippen MR) is 67.6 cm³/mol. The van der Waals surface area contributed by atoms with Crippen LogP contribution in [0.2, 0.25) is 0 Å². The summed E-state index contributed by atoms with van der Waals surface area (Å²) in [7, 11) is 0. The summed E-state index contributed by atoms with van der Waals surface area (Å²) in [6, 6.07) is 2.17. The molecule has 0 radical (unpaired) electrons. The Bertz CT molecular complexity index is 461. The van der Waals surface area contributed by atoms with E-state index in [9.17, 15) is 13.2 Å². The van der Waals surface area contributed by atoms with Crippen molar-refractivity contribution in [2.75, 3.05) is 16.9 Å². The molecule has 0 aromatic carbocycles. The number of alkyl halides is 3. The van der Waals surface area contributed by atoms with Gasteiger partial charge in [0.05, 0.1) is 5.56 Å². The minimum Gasteiger partial charge on any atom is -0.354 e. The van der Waals surface area contributed by atoms with Gasteiger partial charge in [0.25, 0.3) is 0 Å². The number of pyridine rings is 1. The fourth-order valence-corrected chi connectivity index (χ4v) is 2.52. The molecule has 1 fully saturated rings. The molecule has 0 aliphatic carbocycles. The third kappa shape index (κ3) is 2.91. The van der Waals surface area contributed by atoms with Crippen LogP contribution in [0.25, 0.3) is 0 Å². The number of nitrogens with two attached hydrogens (primary N) is 1. The van der Waals surface area contributed by atoms with Gasteiger partial charge in [-0.1, -0.05) is 6.92 Å². The normalized spacial score (nSPS) is 23.8. The molecule has 0 amide bonds. The molecule has 19 heavy (non-hydrogen) atoms. The van der Waals surface area contributed by atoms with Gasteiger partial charge in [-0.05, 0) is 31.4 Å². The van der Waals surface area contributed by atoms with E-state index >= 15 is 0 Å². The Hall–Kier alpha value is -1.50. The molecule has 1 aliphatic heterocycles. The van der Waals surface area contributed by atoms with E-state index < -0.39 is 11.7 Å². The Balaban J connectivity index is 2.40. The Kier molecular flexibility index (Phi) is 3.58. The van der Waals surface area contributed by atoms with Crippen LogP contribution in [-0.2, 0) is 6.18 Å². The second kappa shape index (κ2) is 4.88. The van der Waals surface area contributed by atoms with Crippen molar-refractivity contribution in [2.24, 2.45) is 11.8 Å². The number of hydrazine groups is 1. The van der Waals surface area contributed by atoms with E-state index in [-0.39, 0.29) is 11.9 Å². The summed E-state index contributed by atoms with van der Waals surface area (Å²) < 4.78 is 38.5. The fraction of sp³-hybridized carbons (Fsp3) is 0.583. The maximum Gasteiger partial charge on any atom is 0.416 e. The number of nitrogens with zero attached hydrogens (tertiary/aromatic N) is 2. The highest BCUT2D eigenvalue weighted by molar-refractivity contribution is 5.52. The number of nitrogens with one attached hydrogen (secondary N) is 1. The zero-order valence-electron chi connectivity index (χ0n) is 10.8. The number of hydrogen-bond acceptors (Lipinski definition) is 4. The van der Waals surface area contributed by atoms with Crippen LogP contribution in [0.15, 0.2) is 12.1 Å². The SMILES string of the molecule is CC1CC(C)N(c2cc(C(F)(F)F)cc(NN)n2)C1. The molecule has 106 valence electrons. The van der Waals surface area contributed by atoms with Gasteiger partial charge in [-0.15, -0.1) is 0 Å². The van der Waals surface area contributed by atoms with E-state index in [0.29, 0.717) is 18.3 Å². The quantitative estimate of drug-likeness (QED) is 0.643. The molecule has 2 atom stereocenters. The second-order valence-electron chi connectivity index (χ2n) is 5.08. The largest absolute Gasteiger partial charge is 0.416 e. The average molecular weight is 274 g/mol. The highest BCUT2D eigenvalue weighted by Gasteiger charge is 2.34. The number of rotatable bonds is 2. The van der Waals surface area contributed by atoms with Crippen molar-refractivity contribution in [3.8, 4) is 0 Å². The molecule has 0 saturated carbocycles. The lowest BCUT2D eigenvalue weighted by molar-refractivity contribution is -0.137. The zero-order valence-corrected chi connectivity index (χ0v) is 10.8. The molecule has 1 aromatic heterocycles. The van der Waals surface area contributed by atoms with Crippen molar-refractivity contribution in [3.63, 3.8) is 0 Å². The van der Waals surface area contributed by atoms with Gasteiger partial charge >= 0.3 is 6.18 Å². The number of halogens is 3. The summed E-state index contributed by atoms with van der Waals surface area (Å²) in [5, 5.41) is 0. The maximum absolute atomic E-state index is 12.8. The summed E-state index contributed by atoms with van der Waals surface area (Å²) >= 11 is 0. The highest BCUT2D eigenvalue weighted by Crippen LogP contribution is 2.35. The molecule has 1 aromatic rings. The highest BCUT2D eigenvalue weighted by atomic mass is 19.4. The molecule has 4 nitrogen and oxygen atoms in total. The van der Waals surface area contributed by atoms with Crippen LogP contribution in [0.3, 0.4) is 0 Å². The number of anilines is 2. The van der Waals surface area contributed by atoms with E-state index in [0.717, 1.165) is 18.6 Å². The van der Waals surface area contributed by atoms with Gasteiger partial charge in [-0.2, -0.15) is 13.2 Å². The van der Waals surface area contributed by atoms with Gasteiger partial charge in [0, 0.05) is 12.6 Å². The smallest absolute Gasteiger partial charge is 0.354 e. The van der Waals surface area contributed by atoms with Gasteiger partial charge < -0.3 is 10.3 Å². The standard InChI is InChI=1S/C12H17F3N4/c1-7-3-8(2)19(6-7)11-5-9(12(13,14)15)4-10(17-11)18-16/h4-5,7-8H,3,6,16H2,1-2H3,(H,17,18). The van der Waals surface area contributed by atoms with Crippen LogP contribution in [0, 0.1) is 5.92 Å². The molecule has 1 aliphatic rings. The van der Waals surface area contributed by atoms with Crippen molar-refractivity contribution in [1.29, 1.82) is 0 Å². The van der Waals surface area contributed by atoms with E-state index in [1.807, 2.05) is 11.8 Å². The van der Waals surface area contributed by atoms with Crippen molar-refractivity contribution in [3.05, 3.63) is 17.7 Å². The fourth-order valence-electron chi connectivity index (χ4n) is 2.52. The summed E-state index contributed by atoms with van der Waals surface area (Å²) in [5.41, 5.74) is 1.45. The zero-order chi connectivity index (χ0) is 14.2. The summed E-state index contributed by atoms with van der Waals surface area (Å²) in [4.78, 5) is 6.01. The molecule has 2 heterocycles. The van der Waals surface area contributed by atoms with Crippen LogP contribution < -0.4 is 16.2 Å². The molecule has 2 rings (SSSR count). The Morgan fingerprint density at radius 3 is 2.53 bits per heavy atom. The van der Waals surface area contributed by atoms with Gasteiger partial charge in [-0.25, -0.2) is 10.8 Å². The van der Waals surface area contributed by atoms with Crippen LogP contribution in [0.4, 0.5) is 24.8 Å². The lowest BCUT2D eigenvalue weighted by atomic mass is 10.1. The first-order valence-corrected chi connectivity index (χ1v) is 6.14. The lowest BCUT2D eigenvalue weighted by Gasteiger charge is -2.24. The Morgan fingerprint density at radius 1 is 1.37 bits per heavy atom. The molecule has 7 heteroatoms. The van der Waals surface area contributed by atoms with E-state index in [1.165, 1.54) is 0 Å². The predicted octanol–water partition coefficient (Wildman–Crippen LogP) is 2.62. The average Bonchev–Trinajstić information content (AvgIpc) is 2.66. The van der Waals surface area contributed by atoms with Crippen molar-refractivity contribution in [1.82, 2.24) is 4.98 Å². The van der Waals surface area contributed by atoms with Crippen LogP contribution in [-0.4, -0.2) is 17.6 Å². The van der Waals surface area contributed by atoms with Crippen LogP contribution >= 0.6 is 0 Å². The molecule has 3 N–H and O–H groups in total. The van der Waals surface area contributed by atoms with Gasteiger partial charge in [-0.3, -0.25) is 0 Å². The summed E-state index contributed by atoms with van der Waals surface area (Å²) in [5.74, 6) is 5.98. The second-order valence-corrected chi connectivity index (χ2v) is 5.08. The van der Waals surface area contributed by atoms with E-state index in [4.69, 9.17) is 5.84 Å². The first-order valence-electron chi connectivity index (χ1n) is 6.14. The molecule has 2 unspecified atom stereocenters. The van der Waals surface area contributed by atoms with Gasteiger partial charge in [0.15, 0.2) is 0 Å². The number of nitrogen functional groups attached to an aromatic ring is 1. The minimum absolute atomic E-state index is 0.0246. The topological polar surface area (TPSA) is 54.2 Å². The van der Waals surface area contributed by atoms with Crippen LogP contribution in [0.1, 0.15) is 25.8 Å².